The first kappa shape index (κ1) is 21.7. The molecule has 1 aliphatic carbocycles. The van der Waals surface area contributed by atoms with Crippen molar-refractivity contribution in [1.29, 1.82) is 0 Å². The van der Waals surface area contributed by atoms with Crippen molar-refractivity contribution in [2.45, 2.75) is 83.6 Å². The topological polar surface area (TPSA) is 69.0 Å². The first-order valence-corrected chi connectivity index (χ1v) is 11.6. The number of hydrogen-bond donors (Lipinski definition) is 1. The number of thioether (sulfide) groups is 1. The normalized spacial score (nSPS) is 15.1. The van der Waals surface area contributed by atoms with Crippen LogP contribution < -0.4 is 10.1 Å². The van der Waals surface area contributed by atoms with Gasteiger partial charge in [0.25, 0.3) is 0 Å². The zero-order chi connectivity index (χ0) is 20.6. The van der Waals surface area contributed by atoms with Crippen LogP contribution in [0.25, 0.3) is 0 Å². The molecule has 0 bridgehead atoms. The van der Waals surface area contributed by atoms with E-state index in [4.69, 9.17) is 4.74 Å². The van der Waals surface area contributed by atoms with Gasteiger partial charge in [-0.1, -0.05) is 55.1 Å². The Bertz CT molecular complexity index is 813. The molecule has 1 aromatic carbocycles. The standard InChI is InChI=1S/C22H32N4O2S/c1-4-26-20(14-28-19-12-11-16(2)13-17(19)3)24-25-22(26)29-15-21(27)23-18-9-7-5-6-8-10-18/h11-13,18H,4-10,14-15H2,1-3H3,(H,23,27). The van der Waals surface area contributed by atoms with Gasteiger partial charge in [-0.05, 0) is 45.2 Å². The first-order valence-electron chi connectivity index (χ1n) is 10.6. The van der Waals surface area contributed by atoms with Crippen LogP contribution in [0.3, 0.4) is 0 Å². The molecule has 0 radical (unpaired) electrons. The minimum absolute atomic E-state index is 0.0839. The number of nitrogens with zero attached hydrogens (tertiary/aromatic N) is 3. The highest BCUT2D eigenvalue weighted by Gasteiger charge is 2.17. The number of nitrogens with one attached hydrogen (secondary N) is 1. The number of hydrogen-bond acceptors (Lipinski definition) is 5. The molecule has 1 heterocycles. The van der Waals surface area contributed by atoms with Gasteiger partial charge in [0, 0.05) is 12.6 Å². The summed E-state index contributed by atoms with van der Waals surface area (Å²) in [4.78, 5) is 12.4. The number of carbonyl (C=O) groups is 1. The van der Waals surface area contributed by atoms with Crippen LogP contribution in [-0.4, -0.2) is 32.5 Å². The van der Waals surface area contributed by atoms with Crippen LogP contribution in [0, 0.1) is 13.8 Å². The summed E-state index contributed by atoms with van der Waals surface area (Å²) in [5.41, 5.74) is 2.32. The van der Waals surface area contributed by atoms with Crippen LogP contribution in [0.5, 0.6) is 5.75 Å². The van der Waals surface area contributed by atoms with Crippen molar-refractivity contribution in [3.63, 3.8) is 0 Å². The molecule has 1 aliphatic rings. The number of aromatic nitrogens is 3. The molecule has 2 aromatic rings. The summed E-state index contributed by atoms with van der Waals surface area (Å²) < 4.78 is 7.98. The Morgan fingerprint density at radius 1 is 1.21 bits per heavy atom. The van der Waals surface area contributed by atoms with Crippen molar-refractivity contribution in [2.75, 3.05) is 5.75 Å². The van der Waals surface area contributed by atoms with Crippen molar-refractivity contribution in [3.8, 4) is 5.75 Å². The van der Waals surface area contributed by atoms with E-state index in [0.29, 0.717) is 18.4 Å². The van der Waals surface area contributed by atoms with E-state index < -0.39 is 0 Å². The molecule has 1 aromatic heterocycles. The summed E-state index contributed by atoms with van der Waals surface area (Å²) in [7, 11) is 0. The average molecular weight is 417 g/mol. The lowest BCUT2D eigenvalue weighted by molar-refractivity contribution is -0.119. The number of aryl methyl sites for hydroxylation is 2. The molecule has 1 fully saturated rings. The van der Waals surface area contributed by atoms with Crippen molar-refractivity contribution in [2.24, 2.45) is 0 Å². The van der Waals surface area contributed by atoms with Crippen LogP contribution in [-0.2, 0) is 17.9 Å². The summed E-state index contributed by atoms with van der Waals surface area (Å²) in [5, 5.41) is 12.5. The molecule has 1 N–H and O–H groups in total. The fourth-order valence-corrected chi connectivity index (χ4v) is 4.61. The van der Waals surface area contributed by atoms with E-state index in [1.807, 2.05) is 23.6 Å². The largest absolute Gasteiger partial charge is 0.485 e. The van der Waals surface area contributed by atoms with Gasteiger partial charge in [0.1, 0.15) is 12.4 Å². The van der Waals surface area contributed by atoms with E-state index in [2.05, 4.69) is 35.4 Å². The maximum atomic E-state index is 12.4. The van der Waals surface area contributed by atoms with E-state index in [9.17, 15) is 4.79 Å². The minimum atomic E-state index is 0.0839. The van der Waals surface area contributed by atoms with Gasteiger partial charge in [0.05, 0.1) is 5.75 Å². The summed E-state index contributed by atoms with van der Waals surface area (Å²) in [6.07, 6.45) is 7.20. The summed E-state index contributed by atoms with van der Waals surface area (Å²) in [6.45, 7) is 7.27. The Morgan fingerprint density at radius 3 is 2.66 bits per heavy atom. The van der Waals surface area contributed by atoms with Gasteiger partial charge in [-0.2, -0.15) is 0 Å². The van der Waals surface area contributed by atoms with Crippen molar-refractivity contribution >= 4 is 17.7 Å². The smallest absolute Gasteiger partial charge is 0.230 e. The second-order valence-electron chi connectivity index (χ2n) is 7.75. The Morgan fingerprint density at radius 2 is 1.97 bits per heavy atom. The highest BCUT2D eigenvalue weighted by atomic mass is 32.2. The number of carbonyl (C=O) groups excluding carboxylic acids is 1. The molecule has 1 amide bonds. The second kappa shape index (κ2) is 10.7. The second-order valence-corrected chi connectivity index (χ2v) is 8.69. The molecular formula is C22H32N4O2S. The number of amides is 1. The first-order chi connectivity index (χ1) is 14.1. The maximum Gasteiger partial charge on any atom is 0.230 e. The fraction of sp³-hybridized carbons (Fsp3) is 0.591. The molecule has 158 valence electrons. The molecule has 7 heteroatoms. The van der Waals surface area contributed by atoms with Crippen LogP contribution in [0.4, 0.5) is 0 Å². The van der Waals surface area contributed by atoms with E-state index in [-0.39, 0.29) is 5.91 Å². The van der Waals surface area contributed by atoms with Crippen molar-refractivity contribution in [1.82, 2.24) is 20.1 Å². The van der Waals surface area contributed by atoms with Gasteiger partial charge in [0.15, 0.2) is 11.0 Å². The zero-order valence-electron chi connectivity index (χ0n) is 17.7. The predicted octanol–water partition coefficient (Wildman–Crippen LogP) is 4.42. The quantitative estimate of drug-likeness (QED) is 0.509. The number of rotatable bonds is 8. The lowest BCUT2D eigenvalue weighted by atomic mass is 10.1. The number of ether oxygens (including phenoxy) is 1. The van der Waals surface area contributed by atoms with E-state index in [1.165, 1.54) is 43.0 Å². The van der Waals surface area contributed by atoms with Gasteiger partial charge in [-0.25, -0.2) is 0 Å². The lowest BCUT2D eigenvalue weighted by Crippen LogP contribution is -2.35. The van der Waals surface area contributed by atoms with Gasteiger partial charge >= 0.3 is 0 Å². The average Bonchev–Trinajstić information content (AvgIpc) is 2.91. The molecule has 3 rings (SSSR count). The lowest BCUT2D eigenvalue weighted by Gasteiger charge is -2.16. The summed E-state index contributed by atoms with van der Waals surface area (Å²) in [5.74, 6) is 2.09. The molecule has 0 spiro atoms. The molecule has 1 saturated carbocycles. The van der Waals surface area contributed by atoms with E-state index in [0.717, 1.165) is 41.7 Å². The van der Waals surface area contributed by atoms with Gasteiger partial charge < -0.3 is 14.6 Å². The molecule has 6 nitrogen and oxygen atoms in total. The van der Waals surface area contributed by atoms with Crippen LogP contribution in [0.1, 0.15) is 62.4 Å². The highest BCUT2D eigenvalue weighted by molar-refractivity contribution is 7.99. The van der Waals surface area contributed by atoms with Crippen molar-refractivity contribution in [3.05, 3.63) is 35.2 Å². The molecule has 0 saturated heterocycles. The van der Waals surface area contributed by atoms with Gasteiger partial charge in [-0.15, -0.1) is 10.2 Å². The maximum absolute atomic E-state index is 12.4. The van der Waals surface area contributed by atoms with Crippen LogP contribution in [0.15, 0.2) is 23.4 Å². The monoisotopic (exact) mass is 416 g/mol. The molecule has 29 heavy (non-hydrogen) atoms. The minimum Gasteiger partial charge on any atom is -0.485 e. The third kappa shape index (κ3) is 6.23. The van der Waals surface area contributed by atoms with Crippen molar-refractivity contribution < 1.29 is 9.53 Å². The van der Waals surface area contributed by atoms with Crippen LogP contribution in [0.2, 0.25) is 0 Å². The Labute approximate surface area is 177 Å². The third-order valence-electron chi connectivity index (χ3n) is 5.35. The molecule has 0 aliphatic heterocycles. The molecule has 0 atom stereocenters. The molecule has 0 unspecified atom stereocenters. The van der Waals surface area contributed by atoms with E-state index in [1.54, 1.807) is 0 Å². The molecular weight excluding hydrogens is 384 g/mol. The Balaban J connectivity index is 1.53. The van der Waals surface area contributed by atoms with Gasteiger partial charge in [0.2, 0.25) is 5.91 Å². The summed E-state index contributed by atoms with van der Waals surface area (Å²) in [6, 6.07) is 6.47. The van der Waals surface area contributed by atoms with Gasteiger partial charge in [-0.3, -0.25) is 4.79 Å². The predicted molar refractivity (Wildman–Crippen MR) is 116 cm³/mol. The highest BCUT2D eigenvalue weighted by Crippen LogP contribution is 2.22. The third-order valence-corrected chi connectivity index (χ3v) is 6.32. The SMILES string of the molecule is CCn1c(COc2ccc(C)cc2C)nnc1SCC(=O)NC1CCCCCC1. The summed E-state index contributed by atoms with van der Waals surface area (Å²) >= 11 is 1.44. The van der Waals surface area contributed by atoms with Crippen LogP contribution >= 0.6 is 11.8 Å². The zero-order valence-corrected chi connectivity index (χ0v) is 18.6. The number of benzene rings is 1. The Hall–Kier alpha value is -2.02. The van der Waals surface area contributed by atoms with E-state index >= 15 is 0 Å². The Kier molecular flexibility index (Phi) is 7.98. The fourth-order valence-electron chi connectivity index (χ4n) is 3.78.